The fourth-order valence-corrected chi connectivity index (χ4v) is 4.84. The highest BCUT2D eigenvalue weighted by molar-refractivity contribution is 5.78. The van der Waals surface area contributed by atoms with Crippen molar-refractivity contribution in [3.63, 3.8) is 0 Å². The Morgan fingerprint density at radius 2 is 1.45 bits per heavy atom. The molecule has 29 heavy (non-hydrogen) atoms. The smallest absolute Gasteiger partial charge is 0.289 e. The molecule has 1 aliphatic carbocycles. The van der Waals surface area contributed by atoms with Gasteiger partial charge in [-0.2, -0.15) is 0 Å². The lowest BCUT2D eigenvalue weighted by Crippen LogP contribution is -2.43. The molecule has 2 aromatic carbocycles. The van der Waals surface area contributed by atoms with Crippen LogP contribution in [0.2, 0.25) is 0 Å². The Hall–Kier alpha value is -1.68. The predicted molar refractivity (Wildman–Crippen MR) is 119 cm³/mol. The minimum absolute atomic E-state index is 0.0259. The summed E-state index contributed by atoms with van der Waals surface area (Å²) in [6, 6.07) is 15.3. The molecule has 0 bridgehead atoms. The number of ether oxygens (including phenoxy) is 3. The van der Waals surface area contributed by atoms with Gasteiger partial charge in [-0.3, -0.25) is 0 Å². The zero-order valence-electron chi connectivity index (χ0n) is 18.5. The van der Waals surface area contributed by atoms with Crippen LogP contribution in [0.15, 0.2) is 42.5 Å². The largest absolute Gasteiger partial charge is 0.330 e. The SMILES string of the molecule is CCCCCCCCC(c1cccc2c1Cc1ccccc1-2)C(OC)(OC)OC. The second-order valence-corrected chi connectivity index (χ2v) is 8.03. The standard InChI is InChI=1S/C26H36O3/c1-5-6-7-8-9-10-18-25(26(27-2,28-3)29-4)23-17-13-16-22-21-15-12-11-14-20(21)19-24(22)23/h11-17,25H,5-10,18-19H2,1-4H3. The Morgan fingerprint density at radius 1 is 0.793 bits per heavy atom. The number of rotatable bonds is 12. The molecule has 0 radical (unpaired) electrons. The van der Waals surface area contributed by atoms with E-state index in [1.165, 1.54) is 59.9 Å². The van der Waals surface area contributed by atoms with Crippen molar-refractivity contribution in [1.82, 2.24) is 0 Å². The number of fused-ring (bicyclic) bond motifs is 3. The van der Waals surface area contributed by atoms with Crippen LogP contribution in [-0.4, -0.2) is 27.3 Å². The van der Waals surface area contributed by atoms with E-state index in [0.717, 1.165) is 19.3 Å². The van der Waals surface area contributed by atoms with Gasteiger partial charge in [0.05, 0.1) is 5.92 Å². The summed E-state index contributed by atoms with van der Waals surface area (Å²) in [5, 5.41) is 0. The molecule has 3 nitrogen and oxygen atoms in total. The summed E-state index contributed by atoms with van der Waals surface area (Å²) in [5.41, 5.74) is 6.76. The Bertz CT molecular complexity index is 771. The van der Waals surface area contributed by atoms with Crippen LogP contribution in [0.25, 0.3) is 11.1 Å². The minimum Gasteiger partial charge on any atom is -0.330 e. The van der Waals surface area contributed by atoms with Crippen molar-refractivity contribution < 1.29 is 14.2 Å². The van der Waals surface area contributed by atoms with Crippen molar-refractivity contribution in [3.05, 3.63) is 59.2 Å². The Labute approximate surface area is 176 Å². The summed E-state index contributed by atoms with van der Waals surface area (Å²) >= 11 is 0. The van der Waals surface area contributed by atoms with E-state index in [-0.39, 0.29) is 5.92 Å². The Morgan fingerprint density at radius 3 is 2.17 bits per heavy atom. The molecule has 0 aliphatic heterocycles. The first-order valence-electron chi connectivity index (χ1n) is 11.1. The van der Waals surface area contributed by atoms with Gasteiger partial charge in [-0.1, -0.05) is 87.9 Å². The first-order chi connectivity index (χ1) is 14.2. The van der Waals surface area contributed by atoms with Crippen LogP contribution in [-0.2, 0) is 20.6 Å². The fourth-order valence-electron chi connectivity index (χ4n) is 4.84. The normalized spacial score (nSPS) is 13.9. The molecule has 158 valence electrons. The van der Waals surface area contributed by atoms with Gasteiger partial charge in [-0.05, 0) is 40.7 Å². The van der Waals surface area contributed by atoms with E-state index in [1.54, 1.807) is 21.3 Å². The van der Waals surface area contributed by atoms with Gasteiger partial charge in [0.25, 0.3) is 5.97 Å². The topological polar surface area (TPSA) is 27.7 Å². The Balaban J connectivity index is 1.89. The van der Waals surface area contributed by atoms with Gasteiger partial charge in [0, 0.05) is 21.3 Å². The lowest BCUT2D eigenvalue weighted by Gasteiger charge is -2.37. The lowest BCUT2D eigenvalue weighted by molar-refractivity contribution is -0.365. The predicted octanol–water partition coefficient (Wildman–Crippen LogP) is 6.69. The summed E-state index contributed by atoms with van der Waals surface area (Å²) in [5.74, 6) is -1.04. The maximum absolute atomic E-state index is 5.84. The highest BCUT2D eigenvalue weighted by Crippen LogP contribution is 2.45. The molecule has 3 rings (SSSR count). The Kier molecular flexibility index (Phi) is 7.88. The maximum Gasteiger partial charge on any atom is 0.289 e. The van der Waals surface area contributed by atoms with E-state index >= 15 is 0 Å². The van der Waals surface area contributed by atoms with Crippen molar-refractivity contribution in [2.45, 2.75) is 70.2 Å². The minimum atomic E-state index is -1.06. The monoisotopic (exact) mass is 396 g/mol. The summed E-state index contributed by atoms with van der Waals surface area (Å²) in [6.07, 6.45) is 9.53. The first kappa shape index (κ1) is 22.0. The molecule has 0 spiro atoms. The lowest BCUT2D eigenvalue weighted by atomic mass is 9.85. The summed E-state index contributed by atoms with van der Waals surface area (Å²) in [7, 11) is 5.04. The molecule has 0 saturated carbocycles. The molecule has 0 fully saturated rings. The van der Waals surface area contributed by atoms with Crippen LogP contribution in [0.4, 0.5) is 0 Å². The second-order valence-electron chi connectivity index (χ2n) is 8.03. The summed E-state index contributed by atoms with van der Waals surface area (Å²) < 4.78 is 17.5. The zero-order valence-corrected chi connectivity index (χ0v) is 18.5. The maximum atomic E-state index is 5.84. The molecule has 0 aromatic heterocycles. The second kappa shape index (κ2) is 10.4. The van der Waals surface area contributed by atoms with E-state index in [1.807, 2.05) is 0 Å². The molecule has 0 heterocycles. The first-order valence-corrected chi connectivity index (χ1v) is 11.1. The molecular formula is C26H36O3. The van der Waals surface area contributed by atoms with Gasteiger partial charge in [0.1, 0.15) is 0 Å². The van der Waals surface area contributed by atoms with Crippen LogP contribution >= 0.6 is 0 Å². The average molecular weight is 397 g/mol. The van der Waals surface area contributed by atoms with Crippen molar-refractivity contribution in [2.24, 2.45) is 0 Å². The molecule has 1 aliphatic rings. The van der Waals surface area contributed by atoms with E-state index in [9.17, 15) is 0 Å². The molecule has 0 N–H and O–H groups in total. The third kappa shape index (κ3) is 4.58. The van der Waals surface area contributed by atoms with Gasteiger partial charge in [-0.25, -0.2) is 0 Å². The van der Waals surface area contributed by atoms with E-state index < -0.39 is 5.97 Å². The van der Waals surface area contributed by atoms with Crippen molar-refractivity contribution in [3.8, 4) is 11.1 Å². The molecule has 0 saturated heterocycles. The van der Waals surface area contributed by atoms with Gasteiger partial charge < -0.3 is 14.2 Å². The fraction of sp³-hybridized carbons (Fsp3) is 0.538. The number of benzene rings is 2. The van der Waals surface area contributed by atoms with Gasteiger partial charge in [0.15, 0.2) is 0 Å². The highest BCUT2D eigenvalue weighted by atomic mass is 16.9. The van der Waals surface area contributed by atoms with Gasteiger partial charge in [-0.15, -0.1) is 0 Å². The number of methoxy groups -OCH3 is 3. The van der Waals surface area contributed by atoms with Gasteiger partial charge in [0.2, 0.25) is 0 Å². The molecule has 3 heteroatoms. The number of hydrogen-bond donors (Lipinski definition) is 0. The van der Waals surface area contributed by atoms with Crippen molar-refractivity contribution in [2.75, 3.05) is 21.3 Å². The number of hydrogen-bond acceptors (Lipinski definition) is 3. The molecular weight excluding hydrogens is 360 g/mol. The zero-order chi connectivity index (χ0) is 20.7. The van der Waals surface area contributed by atoms with Crippen LogP contribution in [0, 0.1) is 0 Å². The van der Waals surface area contributed by atoms with Gasteiger partial charge >= 0.3 is 0 Å². The average Bonchev–Trinajstić information content (AvgIpc) is 3.15. The molecule has 1 atom stereocenters. The summed E-state index contributed by atoms with van der Waals surface area (Å²) in [4.78, 5) is 0. The highest BCUT2D eigenvalue weighted by Gasteiger charge is 2.42. The van der Waals surface area contributed by atoms with E-state index in [0.29, 0.717) is 0 Å². The number of unbranched alkanes of at least 4 members (excludes halogenated alkanes) is 5. The van der Waals surface area contributed by atoms with E-state index in [2.05, 4.69) is 49.4 Å². The third-order valence-corrected chi connectivity index (χ3v) is 6.39. The molecule has 1 unspecified atom stereocenters. The van der Waals surface area contributed by atoms with Crippen molar-refractivity contribution in [1.29, 1.82) is 0 Å². The molecule has 0 amide bonds. The van der Waals surface area contributed by atoms with Crippen LogP contribution < -0.4 is 0 Å². The van der Waals surface area contributed by atoms with Crippen LogP contribution in [0.5, 0.6) is 0 Å². The quantitative estimate of drug-likeness (QED) is 0.252. The summed E-state index contributed by atoms with van der Waals surface area (Å²) in [6.45, 7) is 2.26. The van der Waals surface area contributed by atoms with Crippen LogP contribution in [0.1, 0.15) is 74.5 Å². The third-order valence-electron chi connectivity index (χ3n) is 6.39. The van der Waals surface area contributed by atoms with E-state index in [4.69, 9.17) is 14.2 Å². The van der Waals surface area contributed by atoms with Crippen molar-refractivity contribution >= 4 is 0 Å². The molecule has 2 aromatic rings. The van der Waals surface area contributed by atoms with Crippen LogP contribution in [0.3, 0.4) is 0 Å².